The molecule has 1 N–H and O–H groups in total. The molecule has 0 saturated heterocycles. The minimum Gasteiger partial charge on any atom is -0.487 e. The topological polar surface area (TPSA) is 42.4 Å². The first-order valence-corrected chi connectivity index (χ1v) is 10.0. The molecule has 3 rings (SSSR count). The lowest BCUT2D eigenvalue weighted by atomic mass is 9.78. The Kier molecular flexibility index (Phi) is 6.33. The predicted octanol–water partition coefficient (Wildman–Crippen LogP) is 5.57. The van der Waals surface area contributed by atoms with E-state index in [9.17, 15) is 5.11 Å². The molecule has 1 aromatic carbocycles. The van der Waals surface area contributed by atoms with Gasteiger partial charge in [-0.25, -0.2) is 0 Å². The van der Waals surface area contributed by atoms with Crippen LogP contribution in [0.15, 0.2) is 48.6 Å². The van der Waals surface area contributed by atoms with Gasteiger partial charge in [0.25, 0.3) is 0 Å². The normalized spacial score (nSPS) is 14.7. The van der Waals surface area contributed by atoms with Gasteiger partial charge in [-0.2, -0.15) is 0 Å². The van der Waals surface area contributed by atoms with Crippen LogP contribution in [0.1, 0.15) is 68.7 Å². The van der Waals surface area contributed by atoms with Gasteiger partial charge in [0.1, 0.15) is 12.4 Å². The van der Waals surface area contributed by atoms with Gasteiger partial charge in [0, 0.05) is 12.1 Å². The van der Waals surface area contributed by atoms with Crippen molar-refractivity contribution in [2.75, 3.05) is 0 Å². The van der Waals surface area contributed by atoms with Gasteiger partial charge in [-0.05, 0) is 47.6 Å². The Morgan fingerprint density at radius 1 is 1.15 bits per heavy atom. The Hall–Kier alpha value is -2.13. The van der Waals surface area contributed by atoms with Gasteiger partial charge in [-0.3, -0.25) is 4.98 Å². The zero-order chi connectivity index (χ0) is 19.3. The van der Waals surface area contributed by atoms with E-state index in [2.05, 4.69) is 39.0 Å². The summed E-state index contributed by atoms with van der Waals surface area (Å²) in [5.41, 5.74) is 4.17. The van der Waals surface area contributed by atoms with Crippen molar-refractivity contribution in [2.45, 2.75) is 65.6 Å². The van der Waals surface area contributed by atoms with Crippen molar-refractivity contribution in [3.8, 4) is 5.75 Å². The van der Waals surface area contributed by atoms with Crippen LogP contribution >= 0.6 is 0 Å². The second-order valence-corrected chi connectivity index (χ2v) is 8.14. The van der Waals surface area contributed by atoms with E-state index in [1.165, 1.54) is 5.56 Å². The fraction of sp³-hybridized carbons (Fsp3) is 0.458. The Morgan fingerprint density at radius 3 is 2.78 bits per heavy atom. The summed E-state index contributed by atoms with van der Waals surface area (Å²) in [5.74, 6) is 0.775. The van der Waals surface area contributed by atoms with E-state index in [4.69, 9.17) is 9.72 Å². The van der Waals surface area contributed by atoms with Crippen molar-refractivity contribution in [1.29, 1.82) is 0 Å². The number of hydrogen-bond acceptors (Lipinski definition) is 3. The highest BCUT2D eigenvalue weighted by Gasteiger charge is 2.28. The lowest BCUT2D eigenvalue weighted by Crippen LogP contribution is -2.22. The Bertz CT molecular complexity index is 795. The number of allylic oxidation sites excluding steroid dienone is 2. The van der Waals surface area contributed by atoms with Gasteiger partial charge in [0.2, 0.25) is 0 Å². The zero-order valence-electron chi connectivity index (χ0n) is 16.7. The van der Waals surface area contributed by atoms with Crippen LogP contribution < -0.4 is 4.74 Å². The average molecular weight is 366 g/mol. The maximum absolute atomic E-state index is 10.8. The van der Waals surface area contributed by atoms with Crippen molar-refractivity contribution in [3.05, 3.63) is 71.1 Å². The number of aliphatic hydroxyl groups excluding tert-OH is 1. The molecule has 1 atom stereocenters. The van der Waals surface area contributed by atoms with Gasteiger partial charge in [-0.1, -0.05) is 64.0 Å². The average Bonchev–Trinajstić information content (AvgIpc) is 2.70. The van der Waals surface area contributed by atoms with Crippen LogP contribution in [-0.2, 0) is 19.4 Å². The molecule has 1 heterocycles. The molecule has 1 unspecified atom stereocenters. The lowest BCUT2D eigenvalue weighted by molar-refractivity contribution is 0.0412. The Labute approximate surface area is 163 Å². The highest BCUT2D eigenvalue weighted by atomic mass is 16.5. The van der Waals surface area contributed by atoms with Crippen molar-refractivity contribution in [3.63, 3.8) is 0 Å². The zero-order valence-corrected chi connectivity index (χ0v) is 16.7. The molecule has 0 spiro atoms. The van der Waals surface area contributed by atoms with E-state index in [1.807, 2.05) is 30.3 Å². The first-order valence-electron chi connectivity index (χ1n) is 10.0. The van der Waals surface area contributed by atoms with Crippen LogP contribution in [0.5, 0.6) is 5.75 Å². The molecule has 3 heteroatoms. The monoisotopic (exact) mass is 365 g/mol. The second kappa shape index (κ2) is 8.71. The minimum atomic E-state index is -0.499. The molecular formula is C24H31NO2. The molecular weight excluding hydrogens is 334 g/mol. The number of aromatic nitrogens is 1. The van der Waals surface area contributed by atoms with E-state index in [-0.39, 0.29) is 5.41 Å². The van der Waals surface area contributed by atoms with Gasteiger partial charge in [0.05, 0.1) is 11.8 Å². The fourth-order valence-electron chi connectivity index (χ4n) is 3.58. The molecule has 1 aromatic heterocycles. The summed E-state index contributed by atoms with van der Waals surface area (Å²) >= 11 is 0. The maximum Gasteiger partial charge on any atom is 0.130 e. The van der Waals surface area contributed by atoms with Crippen LogP contribution in [0, 0.1) is 5.41 Å². The molecule has 0 aliphatic heterocycles. The Balaban J connectivity index is 1.66. The number of ether oxygens (including phenoxy) is 1. The summed E-state index contributed by atoms with van der Waals surface area (Å²) in [6.07, 6.45) is 9.01. The van der Waals surface area contributed by atoms with E-state index < -0.39 is 6.10 Å². The van der Waals surface area contributed by atoms with E-state index in [0.717, 1.165) is 54.8 Å². The third kappa shape index (κ3) is 4.98. The number of benzene rings is 1. The second-order valence-electron chi connectivity index (χ2n) is 8.14. The predicted molar refractivity (Wildman–Crippen MR) is 110 cm³/mol. The summed E-state index contributed by atoms with van der Waals surface area (Å²) in [5, 5.41) is 10.8. The molecule has 0 bridgehead atoms. The summed E-state index contributed by atoms with van der Waals surface area (Å²) in [6, 6.07) is 12.0. The minimum absolute atomic E-state index is 0.151. The SMILES string of the molecule is CCCCC(C)(C)C(O)c1cccc(OCc2ccc3c(n2)CC=CC3)c1. The largest absolute Gasteiger partial charge is 0.487 e. The molecule has 0 fully saturated rings. The molecule has 1 aliphatic carbocycles. The maximum atomic E-state index is 10.8. The summed E-state index contributed by atoms with van der Waals surface area (Å²) < 4.78 is 5.98. The van der Waals surface area contributed by atoms with Gasteiger partial charge in [-0.15, -0.1) is 0 Å². The molecule has 0 amide bonds. The summed E-state index contributed by atoms with van der Waals surface area (Å²) in [7, 11) is 0. The number of rotatable bonds is 8. The molecule has 2 aromatic rings. The number of nitrogens with zero attached hydrogens (tertiary/aromatic N) is 1. The van der Waals surface area contributed by atoms with Crippen molar-refractivity contribution in [2.24, 2.45) is 5.41 Å². The fourth-order valence-corrected chi connectivity index (χ4v) is 3.58. The third-order valence-electron chi connectivity index (χ3n) is 5.42. The number of aliphatic hydroxyl groups is 1. The third-order valence-corrected chi connectivity index (χ3v) is 5.42. The van der Waals surface area contributed by atoms with Gasteiger partial charge >= 0.3 is 0 Å². The molecule has 27 heavy (non-hydrogen) atoms. The van der Waals surface area contributed by atoms with Crippen LogP contribution in [-0.4, -0.2) is 10.1 Å². The lowest BCUT2D eigenvalue weighted by Gasteiger charge is -2.31. The summed E-state index contributed by atoms with van der Waals surface area (Å²) in [4.78, 5) is 4.73. The highest BCUT2D eigenvalue weighted by molar-refractivity contribution is 5.32. The van der Waals surface area contributed by atoms with Crippen LogP contribution in [0.3, 0.4) is 0 Å². The van der Waals surface area contributed by atoms with E-state index in [1.54, 1.807) is 0 Å². The van der Waals surface area contributed by atoms with E-state index in [0.29, 0.717) is 6.61 Å². The standard InChI is InChI=1S/C24H31NO2/c1-4-5-15-24(2,3)23(26)19-10-8-11-21(16-19)27-17-20-14-13-18-9-6-7-12-22(18)25-20/h6-8,10-11,13-14,16,23,26H,4-5,9,12,15,17H2,1-3H3. The Morgan fingerprint density at radius 2 is 1.96 bits per heavy atom. The van der Waals surface area contributed by atoms with Crippen molar-refractivity contribution in [1.82, 2.24) is 4.98 Å². The number of unbranched alkanes of at least 4 members (excludes halogenated alkanes) is 1. The number of hydrogen-bond donors (Lipinski definition) is 1. The van der Waals surface area contributed by atoms with Crippen molar-refractivity contribution < 1.29 is 9.84 Å². The quantitative estimate of drug-likeness (QED) is 0.622. The number of pyridine rings is 1. The molecule has 1 aliphatic rings. The first kappa shape index (κ1) is 19.6. The summed E-state index contributed by atoms with van der Waals surface area (Å²) in [6.45, 7) is 6.89. The van der Waals surface area contributed by atoms with Gasteiger partial charge in [0.15, 0.2) is 0 Å². The molecule has 144 valence electrons. The van der Waals surface area contributed by atoms with Gasteiger partial charge < -0.3 is 9.84 Å². The molecule has 0 saturated carbocycles. The van der Waals surface area contributed by atoms with Crippen molar-refractivity contribution >= 4 is 0 Å². The first-order chi connectivity index (χ1) is 13.0. The molecule has 0 radical (unpaired) electrons. The van der Waals surface area contributed by atoms with Crippen LogP contribution in [0.4, 0.5) is 0 Å². The molecule has 3 nitrogen and oxygen atoms in total. The number of fused-ring (bicyclic) bond motifs is 1. The van der Waals surface area contributed by atoms with Crippen LogP contribution in [0.2, 0.25) is 0 Å². The smallest absolute Gasteiger partial charge is 0.130 e. The highest BCUT2D eigenvalue weighted by Crippen LogP contribution is 2.38. The van der Waals surface area contributed by atoms with Crippen LogP contribution in [0.25, 0.3) is 0 Å². The van der Waals surface area contributed by atoms with E-state index >= 15 is 0 Å².